The van der Waals surface area contributed by atoms with E-state index in [4.69, 9.17) is 0 Å². The minimum atomic E-state index is 0.000625. The number of amides is 2. The second-order valence-corrected chi connectivity index (χ2v) is 8.22. The van der Waals surface area contributed by atoms with Gasteiger partial charge in [0.25, 0.3) is 0 Å². The fraction of sp³-hybridized carbons (Fsp3) is 0.619. The summed E-state index contributed by atoms with van der Waals surface area (Å²) in [5.41, 5.74) is 1.27. The van der Waals surface area contributed by atoms with Gasteiger partial charge in [-0.05, 0) is 43.6 Å². The van der Waals surface area contributed by atoms with E-state index >= 15 is 0 Å². The van der Waals surface area contributed by atoms with Gasteiger partial charge in [0, 0.05) is 31.5 Å². The summed E-state index contributed by atoms with van der Waals surface area (Å²) < 4.78 is 0. The van der Waals surface area contributed by atoms with Crippen molar-refractivity contribution in [1.29, 1.82) is 0 Å². The first-order chi connectivity index (χ1) is 12.2. The predicted molar refractivity (Wildman–Crippen MR) is 96.9 cm³/mol. The topological polar surface area (TPSA) is 49.4 Å². The Labute approximate surface area is 150 Å². The Bertz CT molecular complexity index is 635. The number of likely N-dealkylation sites (tertiary alicyclic amines) is 1. The fourth-order valence-electron chi connectivity index (χ4n) is 4.40. The molecule has 3 fully saturated rings. The van der Waals surface area contributed by atoms with Gasteiger partial charge >= 0.3 is 0 Å². The van der Waals surface area contributed by atoms with Crippen LogP contribution in [0.2, 0.25) is 0 Å². The zero-order chi connectivity index (χ0) is 17.3. The smallest absolute Gasteiger partial charge is 0.225 e. The summed E-state index contributed by atoms with van der Waals surface area (Å²) in [5.74, 6) is 1.09. The molecule has 3 aliphatic rings. The molecule has 0 aromatic heterocycles. The van der Waals surface area contributed by atoms with Crippen LogP contribution in [-0.2, 0) is 16.0 Å². The lowest BCUT2D eigenvalue weighted by Crippen LogP contribution is -2.45. The molecule has 1 aromatic rings. The van der Waals surface area contributed by atoms with Crippen molar-refractivity contribution in [3.8, 4) is 0 Å². The Hall–Kier alpha value is -1.84. The van der Waals surface area contributed by atoms with Crippen LogP contribution in [0, 0.1) is 17.3 Å². The summed E-state index contributed by atoms with van der Waals surface area (Å²) in [6.45, 7) is 2.22. The van der Waals surface area contributed by atoms with Crippen molar-refractivity contribution in [1.82, 2.24) is 10.2 Å². The lowest BCUT2D eigenvalue weighted by molar-refractivity contribution is -0.130. The molecule has 4 rings (SSSR count). The summed E-state index contributed by atoms with van der Waals surface area (Å²) in [5, 5.41) is 3.15. The molecule has 2 amide bonds. The van der Waals surface area contributed by atoms with Crippen LogP contribution in [0.4, 0.5) is 0 Å². The predicted octanol–water partition coefficient (Wildman–Crippen LogP) is 2.77. The molecule has 2 saturated carbocycles. The zero-order valence-corrected chi connectivity index (χ0v) is 14.9. The lowest BCUT2D eigenvalue weighted by Gasteiger charge is -2.41. The number of rotatable bonds is 6. The maximum absolute atomic E-state index is 12.7. The number of aryl methyl sites for hydroxylation is 1. The molecule has 2 aliphatic carbocycles. The van der Waals surface area contributed by atoms with Crippen LogP contribution >= 0.6 is 0 Å². The van der Waals surface area contributed by atoms with Gasteiger partial charge in [-0.1, -0.05) is 36.8 Å². The molecule has 1 heterocycles. The summed E-state index contributed by atoms with van der Waals surface area (Å²) in [7, 11) is 0. The first-order valence-electron chi connectivity index (χ1n) is 9.76. The molecule has 1 aliphatic heterocycles. The van der Waals surface area contributed by atoms with Crippen molar-refractivity contribution in [2.75, 3.05) is 19.6 Å². The number of nitrogens with zero attached hydrogens (tertiary/aromatic N) is 1. The van der Waals surface area contributed by atoms with Crippen LogP contribution < -0.4 is 5.32 Å². The van der Waals surface area contributed by atoms with Crippen molar-refractivity contribution in [3.05, 3.63) is 35.9 Å². The summed E-state index contributed by atoms with van der Waals surface area (Å²) in [6.07, 6.45) is 7.20. The molecule has 0 bridgehead atoms. The summed E-state index contributed by atoms with van der Waals surface area (Å²) in [6, 6.07) is 10.2. The normalized spacial score (nSPS) is 24.2. The molecule has 4 heteroatoms. The maximum atomic E-state index is 12.7. The largest absolute Gasteiger partial charge is 0.356 e. The number of hydrogen-bond donors (Lipinski definition) is 1. The molecule has 1 N–H and O–H groups in total. The summed E-state index contributed by atoms with van der Waals surface area (Å²) in [4.78, 5) is 27.3. The van der Waals surface area contributed by atoms with E-state index in [1.54, 1.807) is 0 Å². The van der Waals surface area contributed by atoms with Gasteiger partial charge in [0.1, 0.15) is 0 Å². The van der Waals surface area contributed by atoms with E-state index < -0.39 is 0 Å². The molecule has 25 heavy (non-hydrogen) atoms. The maximum Gasteiger partial charge on any atom is 0.225 e. The average molecular weight is 340 g/mol. The molecule has 1 saturated heterocycles. The summed E-state index contributed by atoms with van der Waals surface area (Å²) >= 11 is 0. The number of hydrogen-bond acceptors (Lipinski definition) is 2. The van der Waals surface area contributed by atoms with E-state index in [-0.39, 0.29) is 23.1 Å². The molecule has 1 unspecified atom stereocenters. The first kappa shape index (κ1) is 16.6. The first-order valence-corrected chi connectivity index (χ1v) is 9.76. The standard InChI is InChI=1S/C21H28N2O2/c24-19(10-9-16-5-2-1-3-6-16)23-14-18(21(15-23)11-4-12-21)20(25)22-13-17-7-8-17/h1-3,5-6,17-18H,4,7-15H2,(H,22,25). The molecule has 4 nitrogen and oxygen atoms in total. The molecule has 1 atom stereocenters. The van der Waals surface area contributed by atoms with Gasteiger partial charge in [-0.15, -0.1) is 0 Å². The highest BCUT2D eigenvalue weighted by atomic mass is 16.2. The third-order valence-electron chi connectivity index (χ3n) is 6.40. The van der Waals surface area contributed by atoms with Crippen LogP contribution in [-0.4, -0.2) is 36.3 Å². The van der Waals surface area contributed by atoms with E-state index in [2.05, 4.69) is 17.4 Å². The Morgan fingerprint density at radius 2 is 1.92 bits per heavy atom. The van der Waals surface area contributed by atoms with Gasteiger partial charge in [0.05, 0.1) is 5.92 Å². The third kappa shape index (κ3) is 3.58. The van der Waals surface area contributed by atoms with Gasteiger partial charge in [-0.2, -0.15) is 0 Å². The molecule has 0 radical (unpaired) electrons. The Morgan fingerprint density at radius 3 is 2.56 bits per heavy atom. The number of benzene rings is 1. The monoisotopic (exact) mass is 340 g/mol. The van der Waals surface area contributed by atoms with Crippen molar-refractivity contribution in [2.24, 2.45) is 17.3 Å². The van der Waals surface area contributed by atoms with Crippen molar-refractivity contribution < 1.29 is 9.59 Å². The van der Waals surface area contributed by atoms with Crippen LogP contribution in [0.1, 0.15) is 44.1 Å². The molecule has 1 spiro atoms. The molecular formula is C21H28N2O2. The molecular weight excluding hydrogens is 312 g/mol. The molecule has 134 valence electrons. The van der Waals surface area contributed by atoms with Crippen molar-refractivity contribution >= 4 is 11.8 Å². The van der Waals surface area contributed by atoms with E-state index in [9.17, 15) is 9.59 Å². The lowest BCUT2D eigenvalue weighted by atomic mass is 9.62. The van der Waals surface area contributed by atoms with Gasteiger partial charge in [-0.25, -0.2) is 0 Å². The quantitative estimate of drug-likeness (QED) is 0.866. The van der Waals surface area contributed by atoms with Gasteiger partial charge in [-0.3, -0.25) is 9.59 Å². The Kier molecular flexibility index (Phi) is 4.53. The number of nitrogens with one attached hydrogen (secondary N) is 1. The molecule has 1 aromatic carbocycles. The van der Waals surface area contributed by atoms with E-state index in [0.29, 0.717) is 18.9 Å². The zero-order valence-electron chi connectivity index (χ0n) is 14.9. The minimum Gasteiger partial charge on any atom is -0.356 e. The number of carbonyl (C=O) groups excluding carboxylic acids is 2. The highest BCUT2D eigenvalue weighted by Crippen LogP contribution is 2.51. The van der Waals surface area contributed by atoms with Gasteiger partial charge in [0.15, 0.2) is 0 Å². The second kappa shape index (κ2) is 6.81. The minimum absolute atomic E-state index is 0.000625. The highest BCUT2D eigenvalue weighted by Gasteiger charge is 2.54. The second-order valence-electron chi connectivity index (χ2n) is 8.22. The van der Waals surface area contributed by atoms with E-state index in [1.807, 2.05) is 23.1 Å². The van der Waals surface area contributed by atoms with Crippen LogP contribution in [0.3, 0.4) is 0 Å². The van der Waals surface area contributed by atoms with Crippen LogP contribution in [0.15, 0.2) is 30.3 Å². The SMILES string of the molecule is O=C(NCC1CC1)C1CN(C(=O)CCc2ccccc2)CC12CCC2. The third-order valence-corrected chi connectivity index (χ3v) is 6.40. The van der Waals surface area contributed by atoms with Crippen LogP contribution in [0.25, 0.3) is 0 Å². The van der Waals surface area contributed by atoms with E-state index in [0.717, 1.165) is 32.4 Å². The van der Waals surface area contributed by atoms with Gasteiger partial charge in [0.2, 0.25) is 11.8 Å². The van der Waals surface area contributed by atoms with Crippen molar-refractivity contribution in [3.63, 3.8) is 0 Å². The number of carbonyl (C=O) groups is 2. The Balaban J connectivity index is 1.34. The van der Waals surface area contributed by atoms with Crippen LogP contribution in [0.5, 0.6) is 0 Å². The average Bonchev–Trinajstić information content (AvgIpc) is 3.34. The van der Waals surface area contributed by atoms with Gasteiger partial charge < -0.3 is 10.2 Å². The van der Waals surface area contributed by atoms with E-state index in [1.165, 1.54) is 24.8 Å². The fourth-order valence-corrected chi connectivity index (χ4v) is 4.40. The highest BCUT2D eigenvalue weighted by molar-refractivity contribution is 5.83. The van der Waals surface area contributed by atoms with Crippen molar-refractivity contribution in [2.45, 2.75) is 44.9 Å². The Morgan fingerprint density at radius 1 is 1.16 bits per heavy atom.